The van der Waals surface area contributed by atoms with Gasteiger partial charge in [-0.05, 0) is 93.1 Å². The first kappa shape index (κ1) is 22.7. The third-order valence-electron chi connectivity index (χ3n) is 5.91. The SMILES string of the molecule is CCN1c2cc(C)c(/C=N/NC(=O)COc3ccc(OC)cc3)cc2[C@H](C)CC1(C)C. The lowest BCUT2D eigenvalue weighted by Gasteiger charge is -2.47. The second kappa shape index (κ2) is 9.41. The Kier molecular flexibility index (Phi) is 6.88. The van der Waals surface area contributed by atoms with Crippen LogP contribution in [-0.2, 0) is 4.79 Å². The molecule has 0 aromatic heterocycles. The van der Waals surface area contributed by atoms with Crippen LogP contribution in [0.3, 0.4) is 0 Å². The van der Waals surface area contributed by atoms with E-state index in [1.54, 1.807) is 37.6 Å². The molecule has 2 aromatic carbocycles. The lowest BCUT2D eigenvalue weighted by atomic mass is 9.79. The number of carbonyl (C=O) groups is 1. The highest BCUT2D eigenvalue weighted by molar-refractivity contribution is 5.86. The van der Waals surface area contributed by atoms with E-state index >= 15 is 0 Å². The summed E-state index contributed by atoms with van der Waals surface area (Å²) in [4.78, 5) is 14.6. The number of carbonyl (C=O) groups excluding carboxylic acids is 1. The molecule has 1 atom stereocenters. The Balaban J connectivity index is 1.64. The maximum Gasteiger partial charge on any atom is 0.277 e. The zero-order chi connectivity index (χ0) is 22.6. The number of aryl methyl sites for hydroxylation is 1. The molecule has 0 saturated heterocycles. The molecule has 166 valence electrons. The number of fused-ring (bicyclic) bond motifs is 1. The summed E-state index contributed by atoms with van der Waals surface area (Å²) in [5.41, 5.74) is 7.47. The first-order chi connectivity index (χ1) is 14.7. The van der Waals surface area contributed by atoms with Crippen LogP contribution in [0, 0.1) is 6.92 Å². The predicted molar refractivity (Wildman–Crippen MR) is 126 cm³/mol. The molecule has 1 aliphatic rings. The van der Waals surface area contributed by atoms with Crippen molar-refractivity contribution in [1.82, 2.24) is 5.43 Å². The van der Waals surface area contributed by atoms with Crippen molar-refractivity contribution in [3.63, 3.8) is 0 Å². The zero-order valence-electron chi connectivity index (χ0n) is 19.4. The summed E-state index contributed by atoms with van der Waals surface area (Å²) in [7, 11) is 1.60. The fourth-order valence-corrected chi connectivity index (χ4v) is 4.42. The van der Waals surface area contributed by atoms with Gasteiger partial charge in [-0.1, -0.05) is 6.92 Å². The third-order valence-corrected chi connectivity index (χ3v) is 5.91. The number of hydrogen-bond acceptors (Lipinski definition) is 5. The van der Waals surface area contributed by atoms with E-state index in [-0.39, 0.29) is 18.1 Å². The molecule has 6 nitrogen and oxygen atoms in total. The molecule has 1 aliphatic heterocycles. The van der Waals surface area contributed by atoms with Crippen LogP contribution in [0.15, 0.2) is 41.5 Å². The Morgan fingerprint density at radius 2 is 1.94 bits per heavy atom. The highest BCUT2D eigenvalue weighted by Gasteiger charge is 2.35. The molecule has 2 aromatic rings. The van der Waals surface area contributed by atoms with Gasteiger partial charge in [-0.25, -0.2) is 5.43 Å². The van der Waals surface area contributed by atoms with Gasteiger partial charge in [0.25, 0.3) is 5.91 Å². The molecule has 3 rings (SSSR count). The lowest BCUT2D eigenvalue weighted by Crippen LogP contribution is -2.48. The van der Waals surface area contributed by atoms with Gasteiger partial charge in [-0.3, -0.25) is 4.79 Å². The Labute approximate surface area is 185 Å². The molecule has 0 spiro atoms. The van der Waals surface area contributed by atoms with Crippen LogP contribution in [0.5, 0.6) is 11.5 Å². The molecule has 0 saturated carbocycles. The Morgan fingerprint density at radius 3 is 2.58 bits per heavy atom. The van der Waals surface area contributed by atoms with Gasteiger partial charge in [0.15, 0.2) is 6.61 Å². The summed E-state index contributed by atoms with van der Waals surface area (Å²) >= 11 is 0. The minimum atomic E-state index is -0.310. The molecule has 0 fully saturated rings. The van der Waals surface area contributed by atoms with Gasteiger partial charge in [-0.2, -0.15) is 5.10 Å². The maximum absolute atomic E-state index is 12.1. The van der Waals surface area contributed by atoms with Crippen LogP contribution in [0.4, 0.5) is 5.69 Å². The van der Waals surface area contributed by atoms with Crippen LogP contribution >= 0.6 is 0 Å². The lowest BCUT2D eigenvalue weighted by molar-refractivity contribution is -0.123. The summed E-state index contributed by atoms with van der Waals surface area (Å²) < 4.78 is 10.6. The average Bonchev–Trinajstić information content (AvgIpc) is 2.73. The number of amides is 1. The van der Waals surface area contributed by atoms with E-state index in [9.17, 15) is 4.79 Å². The number of hydrogen-bond donors (Lipinski definition) is 1. The van der Waals surface area contributed by atoms with E-state index in [0.29, 0.717) is 11.7 Å². The minimum Gasteiger partial charge on any atom is -0.497 e. The molecule has 31 heavy (non-hydrogen) atoms. The number of nitrogens with one attached hydrogen (secondary N) is 1. The number of nitrogens with zero attached hydrogens (tertiary/aromatic N) is 2. The van der Waals surface area contributed by atoms with Crippen molar-refractivity contribution in [2.24, 2.45) is 5.10 Å². The van der Waals surface area contributed by atoms with Crippen LogP contribution in [-0.4, -0.2) is 37.9 Å². The van der Waals surface area contributed by atoms with Crippen LogP contribution in [0.1, 0.15) is 56.7 Å². The molecule has 1 N–H and O–H groups in total. The molecule has 0 bridgehead atoms. The van der Waals surface area contributed by atoms with Crippen molar-refractivity contribution < 1.29 is 14.3 Å². The molecule has 6 heteroatoms. The van der Waals surface area contributed by atoms with Crippen LogP contribution in [0.25, 0.3) is 0 Å². The van der Waals surface area contributed by atoms with Crippen molar-refractivity contribution in [3.8, 4) is 11.5 Å². The quantitative estimate of drug-likeness (QED) is 0.520. The molecule has 0 radical (unpaired) electrons. The third kappa shape index (κ3) is 5.19. The van der Waals surface area contributed by atoms with Gasteiger partial charge < -0.3 is 14.4 Å². The van der Waals surface area contributed by atoms with E-state index < -0.39 is 0 Å². The van der Waals surface area contributed by atoms with E-state index in [0.717, 1.165) is 29.8 Å². The monoisotopic (exact) mass is 423 g/mol. The summed E-state index contributed by atoms with van der Waals surface area (Å²) in [5, 5.41) is 4.15. The summed E-state index contributed by atoms with van der Waals surface area (Å²) in [6.07, 6.45) is 2.82. The van der Waals surface area contributed by atoms with Gasteiger partial charge in [0.05, 0.1) is 13.3 Å². The highest BCUT2D eigenvalue weighted by atomic mass is 16.5. The number of rotatable bonds is 7. The molecule has 0 unspecified atom stereocenters. The fraction of sp³-hybridized carbons (Fsp3) is 0.440. The second-order valence-corrected chi connectivity index (χ2v) is 8.69. The van der Waals surface area contributed by atoms with E-state index in [4.69, 9.17) is 9.47 Å². The highest BCUT2D eigenvalue weighted by Crippen LogP contribution is 2.43. The van der Waals surface area contributed by atoms with Crippen molar-refractivity contribution >= 4 is 17.8 Å². The average molecular weight is 424 g/mol. The van der Waals surface area contributed by atoms with Gasteiger partial charge in [0.2, 0.25) is 0 Å². The predicted octanol–water partition coefficient (Wildman–Crippen LogP) is 4.64. The molecular formula is C25H33N3O3. The van der Waals surface area contributed by atoms with Crippen molar-refractivity contribution in [3.05, 3.63) is 53.1 Å². The Hall–Kier alpha value is -3.02. The number of ether oxygens (including phenoxy) is 2. The number of hydrazone groups is 1. The number of methoxy groups -OCH3 is 1. The zero-order valence-corrected chi connectivity index (χ0v) is 19.4. The van der Waals surface area contributed by atoms with Gasteiger partial charge in [0, 0.05) is 17.8 Å². The molecule has 1 heterocycles. The Bertz CT molecular complexity index is 951. The van der Waals surface area contributed by atoms with Gasteiger partial charge in [-0.15, -0.1) is 0 Å². The van der Waals surface area contributed by atoms with Gasteiger partial charge in [0.1, 0.15) is 11.5 Å². The maximum atomic E-state index is 12.1. The van der Waals surface area contributed by atoms with E-state index in [2.05, 4.69) is 62.2 Å². The summed E-state index contributed by atoms with van der Waals surface area (Å²) in [5.74, 6) is 1.49. The van der Waals surface area contributed by atoms with Crippen LogP contribution < -0.4 is 19.8 Å². The van der Waals surface area contributed by atoms with Crippen molar-refractivity contribution in [2.45, 2.75) is 52.5 Å². The fourth-order valence-electron chi connectivity index (χ4n) is 4.42. The van der Waals surface area contributed by atoms with Crippen molar-refractivity contribution in [2.75, 3.05) is 25.2 Å². The van der Waals surface area contributed by atoms with Crippen molar-refractivity contribution in [1.29, 1.82) is 0 Å². The molecular weight excluding hydrogens is 390 g/mol. The molecule has 0 aliphatic carbocycles. The normalized spacial score (nSPS) is 17.4. The summed E-state index contributed by atoms with van der Waals surface area (Å²) in [6, 6.07) is 11.5. The second-order valence-electron chi connectivity index (χ2n) is 8.69. The first-order valence-electron chi connectivity index (χ1n) is 10.8. The van der Waals surface area contributed by atoms with E-state index in [1.165, 1.54) is 11.3 Å². The minimum absolute atomic E-state index is 0.107. The first-order valence-corrected chi connectivity index (χ1v) is 10.8. The standard InChI is InChI=1S/C25H33N3O3/c1-7-28-23-12-17(2)19(13-22(23)18(3)14-25(28,4)5)15-26-27-24(29)16-31-21-10-8-20(30-6)9-11-21/h8-13,15,18H,7,14,16H2,1-6H3,(H,27,29)/b26-15+/t18-/m1/s1. The largest absolute Gasteiger partial charge is 0.497 e. The van der Waals surface area contributed by atoms with E-state index in [1.807, 2.05) is 0 Å². The Morgan fingerprint density at radius 1 is 1.26 bits per heavy atom. The topological polar surface area (TPSA) is 63.2 Å². The number of anilines is 1. The smallest absolute Gasteiger partial charge is 0.277 e. The van der Waals surface area contributed by atoms with Gasteiger partial charge >= 0.3 is 0 Å². The summed E-state index contributed by atoms with van der Waals surface area (Å²) in [6.45, 7) is 12.1. The molecule has 1 amide bonds. The van der Waals surface area contributed by atoms with Crippen LogP contribution in [0.2, 0.25) is 0 Å². The number of benzene rings is 2.